The van der Waals surface area contributed by atoms with Crippen LogP contribution in [0, 0.1) is 0 Å². The molecule has 1 aliphatic rings. The van der Waals surface area contributed by atoms with Gasteiger partial charge in [-0.05, 0) is 89.9 Å². The highest BCUT2D eigenvalue weighted by Gasteiger charge is 2.44. The predicted molar refractivity (Wildman–Crippen MR) is 368 cm³/mol. The molecule has 7 atom stereocenters. The maximum atomic E-state index is 13.1. The molecule has 0 spiro atoms. The van der Waals surface area contributed by atoms with Gasteiger partial charge in [-0.1, -0.05) is 328 Å². The molecule has 1 aliphatic heterocycles. The summed E-state index contributed by atoms with van der Waals surface area (Å²) in [5.74, 6) is -0.187. The molecule has 0 saturated carbocycles. The summed E-state index contributed by atoms with van der Waals surface area (Å²) in [5.41, 5.74) is 0. The van der Waals surface area contributed by atoms with Gasteiger partial charge in [-0.15, -0.1) is 0 Å². The van der Waals surface area contributed by atoms with Crippen molar-refractivity contribution in [1.82, 2.24) is 5.32 Å². The van der Waals surface area contributed by atoms with Crippen LogP contribution >= 0.6 is 0 Å². The highest BCUT2D eigenvalue weighted by atomic mass is 16.7. The Labute approximate surface area is 528 Å². The first-order valence-electron chi connectivity index (χ1n) is 35.7. The molecule has 0 aromatic rings. The lowest BCUT2D eigenvalue weighted by Gasteiger charge is -2.40. The molecule has 9 heteroatoms. The van der Waals surface area contributed by atoms with Crippen LogP contribution in [0.15, 0.2) is 122 Å². The number of rotatable bonds is 61. The lowest BCUT2D eigenvalue weighted by atomic mass is 9.99. The van der Waals surface area contributed by atoms with Gasteiger partial charge in [0.2, 0.25) is 5.91 Å². The molecule has 0 aliphatic carbocycles. The van der Waals surface area contributed by atoms with Crippen LogP contribution in [0.1, 0.15) is 303 Å². The highest BCUT2D eigenvalue weighted by molar-refractivity contribution is 5.76. The third kappa shape index (κ3) is 52.5. The van der Waals surface area contributed by atoms with Crippen molar-refractivity contribution in [2.45, 2.75) is 346 Å². The number of aliphatic hydroxyl groups excluding tert-OH is 5. The van der Waals surface area contributed by atoms with Crippen molar-refractivity contribution in [2.24, 2.45) is 0 Å². The highest BCUT2D eigenvalue weighted by Crippen LogP contribution is 2.23. The Bertz CT molecular complexity index is 1780. The minimum absolute atomic E-state index is 0.163. The average molecular weight is 1200 g/mol. The summed E-state index contributed by atoms with van der Waals surface area (Å²) >= 11 is 0. The second-order valence-electron chi connectivity index (χ2n) is 24.3. The summed E-state index contributed by atoms with van der Waals surface area (Å²) in [6.45, 7) is 3.73. The van der Waals surface area contributed by atoms with Crippen LogP contribution in [0.25, 0.3) is 0 Å². The van der Waals surface area contributed by atoms with E-state index in [1.54, 1.807) is 0 Å². The van der Waals surface area contributed by atoms with Crippen LogP contribution in [0.4, 0.5) is 0 Å². The second-order valence-corrected chi connectivity index (χ2v) is 24.3. The maximum absolute atomic E-state index is 13.1. The van der Waals surface area contributed by atoms with Crippen LogP contribution in [-0.4, -0.2) is 87.5 Å². The quantitative estimate of drug-likeness (QED) is 0.0261. The number of hydrogen-bond donors (Lipinski definition) is 6. The van der Waals surface area contributed by atoms with Gasteiger partial charge in [0.05, 0.1) is 25.4 Å². The Morgan fingerprint density at radius 2 is 0.721 bits per heavy atom. The normalized spacial score (nSPS) is 18.8. The number of ether oxygens (including phenoxy) is 2. The zero-order valence-electron chi connectivity index (χ0n) is 55.3. The van der Waals surface area contributed by atoms with Crippen molar-refractivity contribution in [3.63, 3.8) is 0 Å². The van der Waals surface area contributed by atoms with Crippen molar-refractivity contribution in [3.8, 4) is 0 Å². The van der Waals surface area contributed by atoms with E-state index in [4.69, 9.17) is 9.47 Å². The number of amides is 1. The van der Waals surface area contributed by atoms with Crippen LogP contribution < -0.4 is 5.32 Å². The number of allylic oxidation sites excluding steroid dienone is 20. The summed E-state index contributed by atoms with van der Waals surface area (Å²) in [4.78, 5) is 13.1. The Kier molecular flexibility index (Phi) is 60.5. The SMILES string of the molecule is CC/C=C\C/C=C\C/C=C\C/C=C\C/C=C\C/C=C\C/C=C\C/C=C\C/C=C\C/C=C\CCCCC(=O)NC(COC1OC(CO)C(O)C(O)C1O)C(O)CCCCCCCCCCCCCCCCCCCCCCCCCCCCCCCC. The van der Waals surface area contributed by atoms with Crippen molar-refractivity contribution in [2.75, 3.05) is 13.2 Å². The number of nitrogens with one attached hydrogen (secondary N) is 1. The molecule has 0 radical (unpaired) electrons. The molecule has 0 aromatic carbocycles. The standard InChI is InChI=1S/C77H133NO8/c1-3-5-7-9-11-13-15-17-19-21-23-25-27-29-31-33-35-36-37-39-41-43-45-47-49-51-53-55-57-59-61-63-65-67-73(81)78-70(69-85-77-76(84)75(83)74(82)72(68-79)86-77)71(80)66-64-62-60-58-56-54-52-50-48-46-44-42-40-38-34-32-30-28-26-24-22-20-18-16-14-12-10-8-6-4-2/h5,7,11,13,17,19,23,25,29,31,35-36,39,41,45,47,51,53,57,59,70-72,74-77,79-80,82-84H,3-4,6,8-10,12,14-16,18,20-22,24,26-28,30,32-34,37-38,40,42-44,46,48-50,52,54-56,58,60-69H2,1-2H3,(H,78,81)/b7-5-,13-11-,19-17-,25-23-,31-29-,36-35-,41-39-,47-45-,53-51-,59-57-. The molecule has 0 bridgehead atoms. The number of carbonyl (C=O) groups excluding carboxylic acids is 1. The van der Waals surface area contributed by atoms with E-state index in [2.05, 4.69) is 141 Å². The summed E-state index contributed by atoms with van der Waals surface area (Å²) < 4.78 is 11.3. The van der Waals surface area contributed by atoms with Crippen molar-refractivity contribution in [3.05, 3.63) is 122 Å². The Balaban J connectivity index is 2.18. The predicted octanol–water partition coefficient (Wildman–Crippen LogP) is 19.8. The Morgan fingerprint density at radius 1 is 0.407 bits per heavy atom. The third-order valence-corrected chi connectivity index (χ3v) is 16.3. The summed E-state index contributed by atoms with van der Waals surface area (Å²) in [6, 6.07) is -0.754. The fourth-order valence-corrected chi connectivity index (χ4v) is 10.8. The molecule has 9 nitrogen and oxygen atoms in total. The minimum Gasteiger partial charge on any atom is -0.394 e. The molecule has 1 amide bonds. The molecule has 0 aromatic heterocycles. The van der Waals surface area contributed by atoms with Gasteiger partial charge in [0.25, 0.3) is 0 Å². The molecular weight excluding hydrogens is 1070 g/mol. The van der Waals surface area contributed by atoms with E-state index in [9.17, 15) is 30.3 Å². The van der Waals surface area contributed by atoms with Gasteiger partial charge in [0, 0.05) is 6.42 Å². The monoisotopic (exact) mass is 1200 g/mol. The van der Waals surface area contributed by atoms with Gasteiger partial charge in [-0.3, -0.25) is 4.79 Å². The Morgan fingerprint density at radius 3 is 1.05 bits per heavy atom. The topological polar surface area (TPSA) is 149 Å². The summed E-state index contributed by atoms with van der Waals surface area (Å²) in [7, 11) is 0. The minimum atomic E-state index is -1.57. The molecule has 494 valence electrons. The fourth-order valence-electron chi connectivity index (χ4n) is 10.8. The van der Waals surface area contributed by atoms with E-state index < -0.39 is 49.5 Å². The van der Waals surface area contributed by atoms with Crippen molar-refractivity contribution in [1.29, 1.82) is 0 Å². The van der Waals surface area contributed by atoms with E-state index in [-0.39, 0.29) is 12.5 Å². The molecule has 1 heterocycles. The van der Waals surface area contributed by atoms with Gasteiger partial charge in [-0.25, -0.2) is 0 Å². The molecule has 7 unspecified atom stereocenters. The molecule has 1 saturated heterocycles. The van der Waals surface area contributed by atoms with Crippen molar-refractivity contribution >= 4 is 5.91 Å². The van der Waals surface area contributed by atoms with Crippen LogP contribution in [0.2, 0.25) is 0 Å². The van der Waals surface area contributed by atoms with Crippen molar-refractivity contribution < 1.29 is 39.8 Å². The smallest absolute Gasteiger partial charge is 0.220 e. The molecule has 86 heavy (non-hydrogen) atoms. The summed E-state index contributed by atoms with van der Waals surface area (Å²) in [5, 5.41) is 54.9. The largest absolute Gasteiger partial charge is 0.394 e. The van der Waals surface area contributed by atoms with Gasteiger partial charge in [0.15, 0.2) is 6.29 Å². The van der Waals surface area contributed by atoms with Crippen LogP contribution in [0.3, 0.4) is 0 Å². The number of aliphatic hydroxyl groups is 5. The lowest BCUT2D eigenvalue weighted by molar-refractivity contribution is -0.302. The number of hydrogen-bond acceptors (Lipinski definition) is 8. The molecule has 1 fully saturated rings. The second kappa shape index (κ2) is 64.6. The van der Waals surface area contributed by atoms with Crippen LogP contribution in [-0.2, 0) is 14.3 Å². The Hall–Kier alpha value is -3.41. The van der Waals surface area contributed by atoms with E-state index in [1.165, 1.54) is 173 Å². The third-order valence-electron chi connectivity index (χ3n) is 16.3. The first-order chi connectivity index (χ1) is 42.3. The zero-order chi connectivity index (χ0) is 62.1. The summed E-state index contributed by atoms with van der Waals surface area (Å²) in [6.07, 6.45) is 89.8. The van der Waals surface area contributed by atoms with Gasteiger partial charge < -0.3 is 40.3 Å². The maximum Gasteiger partial charge on any atom is 0.220 e. The first kappa shape index (κ1) is 80.6. The fraction of sp³-hybridized carbons (Fsp3) is 0.727. The average Bonchev–Trinajstić information content (AvgIpc) is 2.60. The molecule has 6 N–H and O–H groups in total. The van der Waals surface area contributed by atoms with Gasteiger partial charge >= 0.3 is 0 Å². The van der Waals surface area contributed by atoms with E-state index in [0.717, 1.165) is 96.3 Å². The van der Waals surface area contributed by atoms with E-state index in [1.807, 2.05) is 0 Å². The molecule has 1 rings (SSSR count). The number of unbranched alkanes of at least 4 members (excludes halogenated alkanes) is 31. The zero-order valence-corrected chi connectivity index (χ0v) is 55.3. The number of carbonyl (C=O) groups is 1. The molecular formula is C77H133NO8. The van der Waals surface area contributed by atoms with E-state index >= 15 is 0 Å². The van der Waals surface area contributed by atoms with Gasteiger partial charge in [-0.2, -0.15) is 0 Å². The van der Waals surface area contributed by atoms with E-state index in [0.29, 0.717) is 19.3 Å². The van der Waals surface area contributed by atoms with Gasteiger partial charge in [0.1, 0.15) is 24.4 Å². The lowest BCUT2D eigenvalue weighted by Crippen LogP contribution is -2.60. The van der Waals surface area contributed by atoms with Crippen LogP contribution in [0.5, 0.6) is 0 Å². The first-order valence-corrected chi connectivity index (χ1v) is 35.7.